The van der Waals surface area contributed by atoms with Crippen molar-refractivity contribution in [2.75, 3.05) is 38.5 Å². The molecule has 1 aromatic heterocycles. The Bertz CT molecular complexity index is 684. The molecule has 0 radical (unpaired) electrons. The Hall–Kier alpha value is -2.55. The number of rotatable bonds is 6. The van der Waals surface area contributed by atoms with Gasteiger partial charge in [-0.1, -0.05) is 0 Å². The fraction of sp³-hybridized carbons (Fsp3) is 0.500. The smallest absolute Gasteiger partial charge is 0.341 e. The highest BCUT2D eigenvalue weighted by atomic mass is 16.5. The van der Waals surface area contributed by atoms with Crippen molar-refractivity contribution >= 4 is 11.9 Å². The van der Waals surface area contributed by atoms with Crippen molar-refractivity contribution in [2.24, 2.45) is 0 Å². The number of aromatic hydroxyl groups is 1. The highest BCUT2D eigenvalue weighted by Crippen LogP contribution is 2.21. The highest BCUT2D eigenvalue weighted by Gasteiger charge is 2.33. The monoisotopic (exact) mass is 325 g/mol. The molecule has 0 saturated carbocycles. The molecule has 0 atom stereocenters. The molecule has 126 valence electrons. The van der Waals surface area contributed by atoms with Crippen molar-refractivity contribution in [3.05, 3.63) is 27.7 Å². The second-order valence-electron chi connectivity index (χ2n) is 5.10. The van der Waals surface area contributed by atoms with Crippen molar-refractivity contribution < 1.29 is 24.5 Å². The van der Waals surface area contributed by atoms with Crippen LogP contribution in [0.1, 0.15) is 34.2 Å². The Morgan fingerprint density at radius 1 is 1.39 bits per heavy atom. The number of ether oxygens (including phenoxy) is 1. The van der Waals surface area contributed by atoms with Gasteiger partial charge in [0.25, 0.3) is 5.91 Å². The molecule has 0 saturated heterocycles. The summed E-state index contributed by atoms with van der Waals surface area (Å²) in [6.45, 7) is 3.39. The van der Waals surface area contributed by atoms with Crippen LogP contribution in [0.5, 0.6) is 5.75 Å². The highest BCUT2D eigenvalue weighted by molar-refractivity contribution is 5.97. The zero-order valence-electron chi connectivity index (χ0n) is 13.0. The third-order valence-corrected chi connectivity index (χ3v) is 3.66. The lowest BCUT2D eigenvalue weighted by Crippen LogP contribution is -2.54. The number of pyridine rings is 1. The van der Waals surface area contributed by atoms with Crippen LogP contribution in [0.25, 0.3) is 0 Å². The number of nitrogens with zero attached hydrogens (tertiary/aromatic N) is 3. The summed E-state index contributed by atoms with van der Waals surface area (Å²) in [4.78, 5) is 37.1. The molecule has 1 amide bonds. The largest absolute Gasteiger partial charge is 0.502 e. The predicted molar refractivity (Wildman–Crippen MR) is 80.5 cm³/mol. The molecule has 0 bridgehead atoms. The van der Waals surface area contributed by atoms with Gasteiger partial charge in [0.05, 0.1) is 0 Å². The Balaban J connectivity index is 2.49. The molecule has 0 aliphatic carbocycles. The SMILES string of the molecule is CCN1CN(CCCOC)C(=O)c2c(O)c(=O)c(C(=O)O)cn21. The van der Waals surface area contributed by atoms with Gasteiger partial charge in [-0.05, 0) is 13.3 Å². The number of aromatic nitrogens is 1. The number of amides is 1. The van der Waals surface area contributed by atoms with E-state index in [-0.39, 0.29) is 12.4 Å². The van der Waals surface area contributed by atoms with Gasteiger partial charge in [-0.25, -0.2) is 4.79 Å². The zero-order valence-corrected chi connectivity index (χ0v) is 13.0. The van der Waals surface area contributed by atoms with E-state index in [0.717, 1.165) is 6.20 Å². The molecule has 2 rings (SSSR count). The average Bonchev–Trinajstić information content (AvgIpc) is 2.52. The van der Waals surface area contributed by atoms with Crippen LogP contribution in [-0.4, -0.2) is 65.1 Å². The molecular weight excluding hydrogens is 306 g/mol. The number of carbonyl (C=O) groups excluding carboxylic acids is 1. The van der Waals surface area contributed by atoms with Crippen LogP contribution in [0.15, 0.2) is 11.0 Å². The van der Waals surface area contributed by atoms with Gasteiger partial charge < -0.3 is 19.8 Å². The molecule has 1 aromatic rings. The minimum atomic E-state index is -1.45. The van der Waals surface area contributed by atoms with Crippen LogP contribution < -0.4 is 10.4 Å². The summed E-state index contributed by atoms with van der Waals surface area (Å²) >= 11 is 0. The van der Waals surface area contributed by atoms with E-state index in [9.17, 15) is 19.5 Å². The van der Waals surface area contributed by atoms with E-state index in [1.54, 1.807) is 12.1 Å². The van der Waals surface area contributed by atoms with Crippen molar-refractivity contribution in [3.63, 3.8) is 0 Å². The molecule has 9 heteroatoms. The van der Waals surface area contributed by atoms with Gasteiger partial charge in [-0.3, -0.25) is 19.3 Å². The van der Waals surface area contributed by atoms with E-state index in [2.05, 4.69) is 0 Å². The third-order valence-electron chi connectivity index (χ3n) is 3.66. The fourth-order valence-electron chi connectivity index (χ4n) is 2.47. The number of carboxylic acid groups (broad SMARTS) is 1. The summed E-state index contributed by atoms with van der Waals surface area (Å²) in [5.74, 6) is -2.81. The first-order valence-corrected chi connectivity index (χ1v) is 7.17. The number of carboxylic acids is 1. The van der Waals surface area contributed by atoms with E-state index >= 15 is 0 Å². The topological polar surface area (TPSA) is 112 Å². The number of fused-ring (bicyclic) bond motifs is 1. The fourth-order valence-corrected chi connectivity index (χ4v) is 2.47. The molecule has 0 fully saturated rings. The molecule has 0 spiro atoms. The summed E-state index contributed by atoms with van der Waals surface area (Å²) < 4.78 is 6.20. The number of methoxy groups -OCH3 is 1. The normalized spacial score (nSPS) is 14.1. The zero-order chi connectivity index (χ0) is 17.1. The quantitative estimate of drug-likeness (QED) is 0.688. The van der Waals surface area contributed by atoms with Crippen molar-refractivity contribution in [1.29, 1.82) is 0 Å². The van der Waals surface area contributed by atoms with Crippen molar-refractivity contribution in [2.45, 2.75) is 13.3 Å². The van der Waals surface area contributed by atoms with Crippen LogP contribution in [0.3, 0.4) is 0 Å². The van der Waals surface area contributed by atoms with Gasteiger partial charge in [0.2, 0.25) is 5.43 Å². The molecular formula is C14H19N3O6. The number of carbonyl (C=O) groups is 2. The van der Waals surface area contributed by atoms with Crippen LogP contribution in [-0.2, 0) is 4.74 Å². The van der Waals surface area contributed by atoms with Crippen molar-refractivity contribution in [3.8, 4) is 5.75 Å². The van der Waals surface area contributed by atoms with Crippen LogP contribution in [0, 0.1) is 0 Å². The number of aromatic carboxylic acids is 1. The third kappa shape index (κ3) is 3.00. The molecule has 0 aromatic carbocycles. The van der Waals surface area contributed by atoms with Gasteiger partial charge in [0.15, 0.2) is 11.4 Å². The molecule has 1 aliphatic rings. The summed E-state index contributed by atoms with van der Waals surface area (Å²) in [6.07, 6.45) is 1.69. The van der Waals surface area contributed by atoms with Crippen LogP contribution in [0.2, 0.25) is 0 Å². The minimum Gasteiger partial charge on any atom is -0.502 e. The van der Waals surface area contributed by atoms with Gasteiger partial charge in [0.1, 0.15) is 12.2 Å². The number of hydrogen-bond donors (Lipinski definition) is 2. The van der Waals surface area contributed by atoms with E-state index in [1.165, 1.54) is 9.58 Å². The maximum Gasteiger partial charge on any atom is 0.341 e. The second-order valence-corrected chi connectivity index (χ2v) is 5.10. The van der Waals surface area contributed by atoms with Gasteiger partial charge in [0, 0.05) is 33.0 Å². The molecule has 9 nitrogen and oxygen atoms in total. The summed E-state index contributed by atoms with van der Waals surface area (Å²) in [5, 5.41) is 20.8. The average molecular weight is 325 g/mol. The van der Waals surface area contributed by atoms with Crippen LogP contribution >= 0.6 is 0 Å². The summed E-state index contributed by atoms with van der Waals surface area (Å²) in [6, 6.07) is 0. The minimum absolute atomic E-state index is 0.217. The standard InChI is InChI=1S/C14H19N3O6/c1-3-16-8-15(5-4-6-23-2)13(20)10-12(19)11(18)9(14(21)22)7-17(10)16/h7,19H,3-6,8H2,1-2H3,(H,21,22). The lowest BCUT2D eigenvalue weighted by Gasteiger charge is -2.39. The Kier molecular flexibility index (Phi) is 4.89. The molecule has 0 unspecified atom stereocenters. The first kappa shape index (κ1) is 16.8. The molecule has 23 heavy (non-hydrogen) atoms. The second kappa shape index (κ2) is 6.69. The lowest BCUT2D eigenvalue weighted by molar-refractivity contribution is 0.0653. The van der Waals surface area contributed by atoms with Crippen molar-refractivity contribution in [1.82, 2.24) is 9.58 Å². The number of hydrogen-bond acceptors (Lipinski definition) is 6. The van der Waals surface area contributed by atoms with E-state index in [0.29, 0.717) is 26.1 Å². The first-order chi connectivity index (χ1) is 10.9. The van der Waals surface area contributed by atoms with Gasteiger partial charge >= 0.3 is 5.97 Å². The van der Waals surface area contributed by atoms with E-state index in [1.807, 2.05) is 6.92 Å². The summed E-state index contributed by atoms with van der Waals surface area (Å²) in [5.41, 5.74) is -1.86. The van der Waals surface area contributed by atoms with Crippen LogP contribution in [0.4, 0.5) is 0 Å². The Morgan fingerprint density at radius 2 is 2.09 bits per heavy atom. The van der Waals surface area contributed by atoms with Gasteiger partial charge in [-0.15, -0.1) is 0 Å². The maximum atomic E-state index is 12.5. The van der Waals surface area contributed by atoms with E-state index < -0.39 is 28.6 Å². The predicted octanol–water partition coefficient (Wildman–Crippen LogP) is -0.340. The maximum absolute atomic E-state index is 12.5. The molecule has 1 aliphatic heterocycles. The molecule has 2 N–H and O–H groups in total. The van der Waals surface area contributed by atoms with Gasteiger partial charge in [-0.2, -0.15) is 0 Å². The Morgan fingerprint density at radius 3 is 2.65 bits per heavy atom. The molecule has 2 heterocycles. The first-order valence-electron chi connectivity index (χ1n) is 7.17. The lowest BCUT2D eigenvalue weighted by atomic mass is 10.2. The Labute approximate surface area is 132 Å². The summed E-state index contributed by atoms with van der Waals surface area (Å²) in [7, 11) is 1.56. The van der Waals surface area contributed by atoms with E-state index in [4.69, 9.17) is 9.84 Å².